The molecule has 0 unspecified atom stereocenters. The van der Waals surface area contributed by atoms with Crippen molar-refractivity contribution in [1.82, 2.24) is 10.3 Å². The van der Waals surface area contributed by atoms with Crippen molar-refractivity contribution in [3.05, 3.63) is 44.8 Å². The first-order valence-corrected chi connectivity index (χ1v) is 7.25. The Labute approximate surface area is 127 Å². The average Bonchev–Trinajstić information content (AvgIpc) is 2.91. The standard InChI is InChI=1S/C12H10BrN3O3S/c13-9-3-1-2-8(11(17)18)10(9)16-12(19)14-4-7-5-20-6-15-7/h1-3,5-6H,4H2,(H,17,18)(H2,14,16,19). The van der Waals surface area contributed by atoms with E-state index in [4.69, 9.17) is 5.11 Å². The molecule has 1 aromatic heterocycles. The summed E-state index contributed by atoms with van der Waals surface area (Å²) in [5.74, 6) is -1.11. The summed E-state index contributed by atoms with van der Waals surface area (Å²) >= 11 is 4.65. The van der Waals surface area contributed by atoms with E-state index in [0.29, 0.717) is 4.47 Å². The Bertz CT molecular complexity index is 631. The number of carbonyl (C=O) groups excluding carboxylic acids is 1. The fourth-order valence-electron chi connectivity index (χ4n) is 1.48. The van der Waals surface area contributed by atoms with Gasteiger partial charge < -0.3 is 15.7 Å². The number of thiazole rings is 1. The summed E-state index contributed by atoms with van der Waals surface area (Å²) in [5, 5.41) is 16.0. The Kier molecular flexibility index (Phi) is 4.70. The first-order valence-electron chi connectivity index (χ1n) is 5.51. The van der Waals surface area contributed by atoms with E-state index in [0.717, 1.165) is 5.69 Å². The summed E-state index contributed by atoms with van der Waals surface area (Å²) in [6.45, 7) is 0.280. The molecule has 0 saturated carbocycles. The highest BCUT2D eigenvalue weighted by Gasteiger charge is 2.15. The van der Waals surface area contributed by atoms with E-state index >= 15 is 0 Å². The zero-order valence-corrected chi connectivity index (χ0v) is 12.5. The summed E-state index contributed by atoms with van der Waals surface area (Å²) in [4.78, 5) is 26.9. The number of carbonyl (C=O) groups is 2. The number of aromatic carboxylic acids is 1. The molecule has 0 bridgehead atoms. The fraction of sp³-hybridized carbons (Fsp3) is 0.0833. The van der Waals surface area contributed by atoms with Gasteiger partial charge in [-0.2, -0.15) is 0 Å². The van der Waals surface area contributed by atoms with Crippen LogP contribution in [-0.2, 0) is 6.54 Å². The van der Waals surface area contributed by atoms with Crippen molar-refractivity contribution in [2.75, 3.05) is 5.32 Å². The van der Waals surface area contributed by atoms with E-state index in [1.165, 1.54) is 17.4 Å². The largest absolute Gasteiger partial charge is 0.478 e. The highest BCUT2D eigenvalue weighted by atomic mass is 79.9. The van der Waals surface area contributed by atoms with Crippen LogP contribution in [0.1, 0.15) is 16.1 Å². The van der Waals surface area contributed by atoms with E-state index in [1.807, 2.05) is 5.38 Å². The van der Waals surface area contributed by atoms with Gasteiger partial charge in [-0.05, 0) is 28.1 Å². The number of halogens is 1. The third-order valence-corrected chi connectivity index (χ3v) is 3.69. The van der Waals surface area contributed by atoms with Crippen LogP contribution in [0.15, 0.2) is 33.6 Å². The van der Waals surface area contributed by atoms with Crippen LogP contribution in [-0.4, -0.2) is 22.1 Å². The van der Waals surface area contributed by atoms with Crippen molar-refractivity contribution in [3.8, 4) is 0 Å². The van der Waals surface area contributed by atoms with E-state index in [9.17, 15) is 9.59 Å². The second-order valence-electron chi connectivity index (χ2n) is 3.76. The van der Waals surface area contributed by atoms with Crippen LogP contribution in [0.3, 0.4) is 0 Å². The SMILES string of the molecule is O=C(NCc1cscn1)Nc1c(Br)cccc1C(=O)O. The molecule has 1 aromatic carbocycles. The average molecular weight is 356 g/mol. The quantitative estimate of drug-likeness (QED) is 0.786. The Morgan fingerprint density at radius 2 is 2.20 bits per heavy atom. The monoisotopic (exact) mass is 355 g/mol. The predicted molar refractivity (Wildman–Crippen MR) is 79.1 cm³/mol. The second-order valence-corrected chi connectivity index (χ2v) is 5.33. The molecule has 104 valence electrons. The molecule has 0 spiro atoms. The lowest BCUT2D eigenvalue weighted by Crippen LogP contribution is -2.29. The number of nitrogens with one attached hydrogen (secondary N) is 2. The summed E-state index contributed by atoms with van der Waals surface area (Å²) < 4.78 is 0.501. The fourth-order valence-corrected chi connectivity index (χ4v) is 2.51. The highest BCUT2D eigenvalue weighted by Crippen LogP contribution is 2.26. The smallest absolute Gasteiger partial charge is 0.337 e. The molecule has 0 fully saturated rings. The molecule has 2 rings (SSSR count). The molecule has 0 radical (unpaired) electrons. The van der Waals surface area contributed by atoms with Gasteiger partial charge in [0.1, 0.15) is 0 Å². The van der Waals surface area contributed by atoms with Gasteiger partial charge in [0, 0.05) is 9.85 Å². The highest BCUT2D eigenvalue weighted by molar-refractivity contribution is 9.10. The Morgan fingerprint density at radius 3 is 2.85 bits per heavy atom. The molecule has 6 nitrogen and oxygen atoms in total. The number of anilines is 1. The molecule has 2 aromatic rings. The maximum Gasteiger partial charge on any atom is 0.337 e. The van der Waals surface area contributed by atoms with Gasteiger partial charge in [0.15, 0.2) is 0 Å². The van der Waals surface area contributed by atoms with Crippen LogP contribution in [0.5, 0.6) is 0 Å². The number of amides is 2. The number of carboxylic acids is 1. The number of urea groups is 1. The normalized spacial score (nSPS) is 10.1. The third kappa shape index (κ3) is 3.55. The van der Waals surface area contributed by atoms with Gasteiger partial charge in [-0.1, -0.05) is 6.07 Å². The van der Waals surface area contributed by atoms with Crippen molar-refractivity contribution in [2.45, 2.75) is 6.54 Å². The molecule has 0 atom stereocenters. The van der Waals surface area contributed by atoms with Crippen molar-refractivity contribution in [1.29, 1.82) is 0 Å². The Balaban J connectivity index is 2.06. The molecule has 20 heavy (non-hydrogen) atoms. The van der Waals surface area contributed by atoms with Crippen LogP contribution in [0.2, 0.25) is 0 Å². The van der Waals surface area contributed by atoms with Gasteiger partial charge in [0.25, 0.3) is 0 Å². The van der Waals surface area contributed by atoms with Crippen LogP contribution in [0, 0.1) is 0 Å². The number of aromatic nitrogens is 1. The lowest BCUT2D eigenvalue weighted by molar-refractivity contribution is 0.0698. The number of benzene rings is 1. The number of carboxylic acid groups (broad SMARTS) is 1. The number of hydrogen-bond acceptors (Lipinski definition) is 4. The van der Waals surface area contributed by atoms with Crippen LogP contribution in [0.25, 0.3) is 0 Å². The molecule has 3 N–H and O–H groups in total. The number of hydrogen-bond donors (Lipinski definition) is 3. The zero-order valence-electron chi connectivity index (χ0n) is 10.1. The number of rotatable bonds is 4. The second kappa shape index (κ2) is 6.49. The molecule has 0 aliphatic rings. The molecular weight excluding hydrogens is 346 g/mol. The molecule has 1 heterocycles. The summed E-state index contributed by atoms with van der Waals surface area (Å²) in [6, 6.07) is 4.17. The molecule has 0 aliphatic carbocycles. The van der Waals surface area contributed by atoms with Gasteiger partial charge >= 0.3 is 12.0 Å². The van der Waals surface area contributed by atoms with Crippen LogP contribution in [0.4, 0.5) is 10.5 Å². The third-order valence-electron chi connectivity index (χ3n) is 2.40. The zero-order chi connectivity index (χ0) is 14.5. The van der Waals surface area contributed by atoms with Gasteiger partial charge in [-0.15, -0.1) is 11.3 Å². The first kappa shape index (κ1) is 14.5. The Hall–Kier alpha value is -1.93. The predicted octanol–water partition coefficient (Wildman–Crippen LogP) is 2.93. The maximum absolute atomic E-state index is 11.8. The van der Waals surface area contributed by atoms with Crippen LogP contribution >= 0.6 is 27.3 Å². The summed E-state index contributed by atoms with van der Waals surface area (Å²) in [5.41, 5.74) is 2.65. The van der Waals surface area contributed by atoms with Crippen molar-refractivity contribution < 1.29 is 14.7 Å². The van der Waals surface area contributed by atoms with Crippen molar-refractivity contribution in [2.24, 2.45) is 0 Å². The minimum Gasteiger partial charge on any atom is -0.478 e. The van der Waals surface area contributed by atoms with Gasteiger partial charge in [0.05, 0.1) is 29.0 Å². The molecule has 8 heteroatoms. The van der Waals surface area contributed by atoms with Crippen molar-refractivity contribution >= 4 is 45.0 Å². The van der Waals surface area contributed by atoms with E-state index in [1.54, 1.807) is 17.6 Å². The Morgan fingerprint density at radius 1 is 1.40 bits per heavy atom. The van der Waals surface area contributed by atoms with Gasteiger partial charge in [-0.3, -0.25) is 0 Å². The van der Waals surface area contributed by atoms with Crippen molar-refractivity contribution in [3.63, 3.8) is 0 Å². The number of para-hydroxylation sites is 1. The summed E-state index contributed by atoms with van der Waals surface area (Å²) in [7, 11) is 0. The van der Waals surface area contributed by atoms with Gasteiger partial charge in [0.2, 0.25) is 0 Å². The van der Waals surface area contributed by atoms with E-state index < -0.39 is 12.0 Å². The first-order chi connectivity index (χ1) is 9.58. The summed E-state index contributed by atoms with van der Waals surface area (Å²) in [6.07, 6.45) is 0. The van der Waals surface area contributed by atoms with E-state index in [2.05, 4.69) is 31.5 Å². The lowest BCUT2D eigenvalue weighted by atomic mass is 10.2. The minimum absolute atomic E-state index is 0.0168. The number of nitrogens with zero attached hydrogens (tertiary/aromatic N) is 1. The molecular formula is C12H10BrN3O3S. The molecule has 0 saturated heterocycles. The van der Waals surface area contributed by atoms with Gasteiger partial charge in [-0.25, -0.2) is 14.6 Å². The molecule has 2 amide bonds. The minimum atomic E-state index is -1.11. The lowest BCUT2D eigenvalue weighted by Gasteiger charge is -2.11. The van der Waals surface area contributed by atoms with Crippen LogP contribution < -0.4 is 10.6 Å². The molecule has 0 aliphatic heterocycles. The topological polar surface area (TPSA) is 91.3 Å². The maximum atomic E-state index is 11.8. The van der Waals surface area contributed by atoms with E-state index in [-0.39, 0.29) is 17.8 Å².